The Morgan fingerprint density at radius 3 is 1.00 bits per heavy atom. The van der Waals surface area contributed by atoms with Crippen LogP contribution in [0.5, 0.6) is 0 Å². The summed E-state index contributed by atoms with van der Waals surface area (Å²) in [6.07, 6.45) is 1.27. The van der Waals surface area contributed by atoms with Crippen LogP contribution in [0.4, 0.5) is 0 Å². The zero-order valence-electron chi connectivity index (χ0n) is 15.4. The molecule has 0 amide bonds. The molecule has 1 unspecified atom stereocenters. The maximum Gasteiger partial charge on any atom is 0.292 e. The predicted molar refractivity (Wildman–Crippen MR) is 94.2 cm³/mol. The molecule has 122 valence electrons. The minimum Gasteiger partial charge on any atom is -0.300 e. The van der Waals surface area contributed by atoms with Gasteiger partial charge in [-0.05, 0) is 44.8 Å². The van der Waals surface area contributed by atoms with Crippen molar-refractivity contribution in [3.8, 4) is 0 Å². The summed E-state index contributed by atoms with van der Waals surface area (Å²) in [5.41, 5.74) is 0.766. The first-order valence-electron chi connectivity index (χ1n) is 8.79. The molecular weight excluding hydrogens is 262 g/mol. The third kappa shape index (κ3) is 3.64. The lowest BCUT2D eigenvalue weighted by Crippen LogP contribution is -2.76. The molecule has 4 heteroatoms. The van der Waals surface area contributed by atoms with Gasteiger partial charge in [0.1, 0.15) is 0 Å². The SMILES string of the molecule is CCC(C)[Si](N(CC)CC)(N(CC)CC)N(CC)CC. The summed E-state index contributed by atoms with van der Waals surface area (Å²) in [5, 5.41) is 0. The number of nitrogens with zero attached hydrogens (tertiary/aromatic N) is 3. The molecule has 0 saturated heterocycles. The van der Waals surface area contributed by atoms with Crippen molar-refractivity contribution in [3.63, 3.8) is 0 Å². The fourth-order valence-electron chi connectivity index (χ4n) is 3.88. The van der Waals surface area contributed by atoms with Crippen LogP contribution in [0.25, 0.3) is 0 Å². The Morgan fingerprint density at radius 2 is 0.850 bits per heavy atom. The lowest BCUT2D eigenvalue weighted by atomic mass is 10.4. The average Bonchev–Trinajstić information content (AvgIpc) is 2.48. The minimum absolute atomic E-state index is 0.766. The Labute approximate surface area is 129 Å². The maximum absolute atomic E-state index is 2.81. The van der Waals surface area contributed by atoms with Gasteiger partial charge < -0.3 is 0 Å². The Morgan fingerprint density at radius 1 is 0.600 bits per heavy atom. The van der Waals surface area contributed by atoms with Crippen molar-refractivity contribution in [2.45, 2.75) is 67.4 Å². The van der Waals surface area contributed by atoms with Gasteiger partial charge in [0.2, 0.25) is 0 Å². The summed E-state index contributed by atoms with van der Waals surface area (Å²) < 4.78 is 8.42. The predicted octanol–water partition coefficient (Wildman–Crippen LogP) is 3.75. The molecule has 0 rings (SSSR count). The molecule has 0 aromatic rings. The highest BCUT2D eigenvalue weighted by Crippen LogP contribution is 2.34. The van der Waals surface area contributed by atoms with Crippen molar-refractivity contribution >= 4 is 8.56 Å². The van der Waals surface area contributed by atoms with Gasteiger partial charge in [-0.3, -0.25) is 13.7 Å². The van der Waals surface area contributed by atoms with E-state index in [1.165, 1.54) is 45.7 Å². The molecule has 3 nitrogen and oxygen atoms in total. The summed E-state index contributed by atoms with van der Waals surface area (Å²) in [7, 11) is -1.79. The Kier molecular flexibility index (Phi) is 9.98. The molecule has 0 aliphatic rings. The van der Waals surface area contributed by atoms with Crippen LogP contribution in [-0.4, -0.2) is 61.5 Å². The van der Waals surface area contributed by atoms with E-state index in [2.05, 4.69) is 69.1 Å². The molecular formula is C16H39N3Si. The van der Waals surface area contributed by atoms with Gasteiger partial charge in [-0.25, -0.2) is 0 Å². The quantitative estimate of drug-likeness (QED) is 0.538. The van der Waals surface area contributed by atoms with Gasteiger partial charge >= 0.3 is 0 Å². The first-order valence-corrected chi connectivity index (χ1v) is 10.7. The summed E-state index contributed by atoms with van der Waals surface area (Å²) >= 11 is 0. The van der Waals surface area contributed by atoms with Gasteiger partial charge in [0, 0.05) is 0 Å². The van der Waals surface area contributed by atoms with E-state index in [9.17, 15) is 0 Å². The molecule has 0 heterocycles. The van der Waals surface area contributed by atoms with E-state index >= 15 is 0 Å². The van der Waals surface area contributed by atoms with Crippen LogP contribution in [0.1, 0.15) is 61.8 Å². The molecule has 0 aromatic heterocycles. The van der Waals surface area contributed by atoms with Crippen LogP contribution in [0.2, 0.25) is 5.54 Å². The van der Waals surface area contributed by atoms with Crippen LogP contribution >= 0.6 is 0 Å². The van der Waals surface area contributed by atoms with E-state index < -0.39 is 8.56 Å². The third-order valence-corrected chi connectivity index (χ3v) is 11.4. The van der Waals surface area contributed by atoms with E-state index in [1.807, 2.05) is 0 Å². The van der Waals surface area contributed by atoms with E-state index in [4.69, 9.17) is 0 Å². The molecule has 0 spiro atoms. The molecule has 0 fully saturated rings. The first-order chi connectivity index (χ1) is 9.54. The zero-order chi connectivity index (χ0) is 15.8. The van der Waals surface area contributed by atoms with E-state index in [-0.39, 0.29) is 0 Å². The lowest BCUT2D eigenvalue weighted by molar-refractivity contribution is 0.248. The van der Waals surface area contributed by atoms with Crippen molar-refractivity contribution in [2.24, 2.45) is 0 Å². The van der Waals surface area contributed by atoms with Gasteiger partial charge in [0.05, 0.1) is 0 Å². The third-order valence-electron chi connectivity index (χ3n) is 4.96. The molecule has 0 N–H and O–H groups in total. The van der Waals surface area contributed by atoms with E-state index in [0.29, 0.717) is 0 Å². The maximum atomic E-state index is 2.81. The smallest absolute Gasteiger partial charge is 0.292 e. The van der Waals surface area contributed by atoms with Crippen molar-refractivity contribution in [2.75, 3.05) is 39.3 Å². The first kappa shape index (κ1) is 20.1. The van der Waals surface area contributed by atoms with Gasteiger partial charge in [-0.15, -0.1) is 0 Å². The number of hydrogen-bond acceptors (Lipinski definition) is 3. The standard InChI is InChI=1S/C16H39N3Si/c1-9-16(8)20(17(10-2)11-3,18(12-4)13-5)19(14-6)15-7/h16H,9-15H2,1-8H3. The second-order valence-electron chi connectivity index (χ2n) is 5.51. The van der Waals surface area contributed by atoms with Crippen molar-refractivity contribution in [1.82, 2.24) is 13.7 Å². The topological polar surface area (TPSA) is 9.72 Å². The molecule has 0 aromatic carbocycles. The van der Waals surface area contributed by atoms with Gasteiger partial charge in [-0.1, -0.05) is 61.8 Å². The number of hydrogen-bond donors (Lipinski definition) is 0. The molecule has 0 bridgehead atoms. The second kappa shape index (κ2) is 9.93. The van der Waals surface area contributed by atoms with Crippen LogP contribution in [0, 0.1) is 0 Å². The molecule has 0 saturated carbocycles. The summed E-state index contributed by atoms with van der Waals surface area (Å²) in [6, 6.07) is 0. The van der Waals surface area contributed by atoms with E-state index in [0.717, 1.165) is 5.54 Å². The Balaban J connectivity index is 5.98. The highest BCUT2D eigenvalue weighted by molar-refractivity contribution is 6.73. The Bertz CT molecular complexity index is 205. The summed E-state index contributed by atoms with van der Waals surface area (Å²) in [6.45, 7) is 25.9. The van der Waals surface area contributed by atoms with E-state index in [1.54, 1.807) is 0 Å². The molecule has 1 atom stereocenters. The average molecular weight is 302 g/mol. The van der Waals surface area contributed by atoms with Gasteiger partial charge in [0.25, 0.3) is 8.56 Å². The second-order valence-corrected chi connectivity index (χ2v) is 9.77. The van der Waals surface area contributed by atoms with Crippen LogP contribution in [-0.2, 0) is 0 Å². The van der Waals surface area contributed by atoms with Crippen LogP contribution in [0.3, 0.4) is 0 Å². The fourth-order valence-corrected chi connectivity index (χ4v) is 10.3. The highest BCUT2D eigenvalue weighted by atomic mass is 28.4. The zero-order valence-corrected chi connectivity index (χ0v) is 16.4. The normalized spacial score (nSPS) is 14.6. The van der Waals surface area contributed by atoms with Crippen LogP contribution < -0.4 is 0 Å². The molecule has 20 heavy (non-hydrogen) atoms. The van der Waals surface area contributed by atoms with Gasteiger partial charge in [0.15, 0.2) is 0 Å². The monoisotopic (exact) mass is 301 g/mol. The molecule has 0 radical (unpaired) electrons. The summed E-state index contributed by atoms with van der Waals surface area (Å²) in [4.78, 5) is 0. The fraction of sp³-hybridized carbons (Fsp3) is 1.00. The van der Waals surface area contributed by atoms with Crippen molar-refractivity contribution in [3.05, 3.63) is 0 Å². The highest BCUT2D eigenvalue weighted by Gasteiger charge is 2.51. The van der Waals surface area contributed by atoms with Crippen LogP contribution in [0.15, 0.2) is 0 Å². The lowest BCUT2D eigenvalue weighted by Gasteiger charge is -2.56. The Hall–Kier alpha value is 0.0969. The molecule has 0 aliphatic carbocycles. The van der Waals surface area contributed by atoms with Crippen molar-refractivity contribution in [1.29, 1.82) is 0 Å². The largest absolute Gasteiger partial charge is 0.300 e. The number of rotatable bonds is 11. The van der Waals surface area contributed by atoms with Crippen molar-refractivity contribution < 1.29 is 0 Å². The summed E-state index contributed by atoms with van der Waals surface area (Å²) in [5.74, 6) is 0. The molecule has 0 aliphatic heterocycles. The van der Waals surface area contributed by atoms with Gasteiger partial charge in [-0.2, -0.15) is 0 Å². The minimum atomic E-state index is -1.79.